The summed E-state index contributed by atoms with van der Waals surface area (Å²) in [5.41, 5.74) is 1.52. The van der Waals surface area contributed by atoms with E-state index in [1.807, 2.05) is 0 Å². The van der Waals surface area contributed by atoms with Crippen molar-refractivity contribution in [1.82, 2.24) is 0 Å². The predicted molar refractivity (Wildman–Crippen MR) is 103 cm³/mol. The molecule has 0 saturated heterocycles. The number of aryl methyl sites for hydroxylation is 1. The summed E-state index contributed by atoms with van der Waals surface area (Å²) < 4.78 is 0. The molecule has 0 spiro atoms. The van der Waals surface area contributed by atoms with Gasteiger partial charge in [0.05, 0.1) is 0 Å². The molecule has 0 amide bonds. The van der Waals surface area contributed by atoms with Crippen LogP contribution in [0.2, 0.25) is 0 Å². The summed E-state index contributed by atoms with van der Waals surface area (Å²) in [7, 11) is 0. The van der Waals surface area contributed by atoms with Crippen LogP contribution in [-0.4, -0.2) is 0 Å². The Morgan fingerprint density at radius 3 is 2.04 bits per heavy atom. The zero-order valence-electron chi connectivity index (χ0n) is 13.9. The first kappa shape index (κ1) is 14.5. The summed E-state index contributed by atoms with van der Waals surface area (Å²) in [6.07, 6.45) is 7.94. The standard InChI is InChI=1S/C23H24/c1-2-3-4-5-6-8-17-11-12-20-14-13-18-9-7-10-19-15-16-21(17)23(20)22(18)19/h7,9-16H,2-6,8H2,1H3. The minimum Gasteiger partial charge on any atom is -0.0654 e. The van der Waals surface area contributed by atoms with Crippen LogP contribution in [0, 0.1) is 0 Å². The van der Waals surface area contributed by atoms with Crippen molar-refractivity contribution in [3.05, 3.63) is 60.2 Å². The van der Waals surface area contributed by atoms with Gasteiger partial charge >= 0.3 is 0 Å². The fraction of sp³-hybridized carbons (Fsp3) is 0.304. The van der Waals surface area contributed by atoms with Crippen molar-refractivity contribution in [3.63, 3.8) is 0 Å². The fourth-order valence-electron chi connectivity index (χ4n) is 3.93. The Hall–Kier alpha value is -2.08. The normalized spacial score (nSPS) is 11.9. The van der Waals surface area contributed by atoms with Gasteiger partial charge in [0.25, 0.3) is 0 Å². The van der Waals surface area contributed by atoms with E-state index in [0.29, 0.717) is 0 Å². The van der Waals surface area contributed by atoms with Crippen LogP contribution >= 0.6 is 0 Å². The largest absolute Gasteiger partial charge is 0.0654 e. The molecule has 4 aromatic carbocycles. The highest BCUT2D eigenvalue weighted by atomic mass is 14.1. The lowest BCUT2D eigenvalue weighted by atomic mass is 9.90. The molecule has 4 rings (SSSR count). The molecule has 0 aliphatic rings. The van der Waals surface area contributed by atoms with Crippen molar-refractivity contribution in [2.45, 2.75) is 45.4 Å². The number of rotatable bonds is 6. The number of hydrogen-bond acceptors (Lipinski definition) is 0. The Balaban J connectivity index is 1.77. The topological polar surface area (TPSA) is 0 Å². The maximum atomic E-state index is 2.35. The van der Waals surface area contributed by atoms with E-state index in [-0.39, 0.29) is 0 Å². The summed E-state index contributed by atoms with van der Waals surface area (Å²) in [5, 5.41) is 8.46. The second-order valence-electron chi connectivity index (χ2n) is 6.74. The van der Waals surface area contributed by atoms with E-state index in [1.165, 1.54) is 76.4 Å². The molecule has 116 valence electrons. The highest BCUT2D eigenvalue weighted by Gasteiger charge is 2.10. The Labute approximate surface area is 138 Å². The Morgan fingerprint density at radius 2 is 1.26 bits per heavy atom. The molecule has 23 heavy (non-hydrogen) atoms. The number of benzene rings is 4. The van der Waals surface area contributed by atoms with Crippen LogP contribution in [0.1, 0.15) is 44.6 Å². The van der Waals surface area contributed by atoms with Gasteiger partial charge in [-0.25, -0.2) is 0 Å². The van der Waals surface area contributed by atoms with E-state index in [9.17, 15) is 0 Å². The quantitative estimate of drug-likeness (QED) is 0.263. The molecule has 0 saturated carbocycles. The predicted octanol–water partition coefficient (Wildman–Crippen LogP) is 7.10. The maximum Gasteiger partial charge on any atom is -0.00240 e. The average molecular weight is 300 g/mol. The molecule has 0 nitrogen and oxygen atoms in total. The third-order valence-electron chi connectivity index (χ3n) is 5.17. The molecule has 0 unspecified atom stereocenters. The van der Waals surface area contributed by atoms with Gasteiger partial charge in [0, 0.05) is 0 Å². The fourth-order valence-corrected chi connectivity index (χ4v) is 3.93. The Morgan fingerprint density at radius 1 is 0.609 bits per heavy atom. The molecule has 0 aromatic heterocycles. The van der Waals surface area contributed by atoms with Crippen molar-refractivity contribution in [3.8, 4) is 0 Å². The Bertz CT molecular complexity index is 917. The molecule has 0 heterocycles. The lowest BCUT2D eigenvalue weighted by Gasteiger charge is -2.13. The summed E-state index contributed by atoms with van der Waals surface area (Å²) in [5.74, 6) is 0. The van der Waals surface area contributed by atoms with Crippen molar-refractivity contribution in [2.75, 3.05) is 0 Å². The van der Waals surface area contributed by atoms with Gasteiger partial charge in [0.15, 0.2) is 0 Å². The molecule has 0 aliphatic carbocycles. The summed E-state index contributed by atoms with van der Waals surface area (Å²) in [6, 6.07) is 20.5. The molecule has 0 atom stereocenters. The molecule has 0 N–H and O–H groups in total. The maximum absolute atomic E-state index is 2.35. The molecular formula is C23H24. The minimum absolute atomic E-state index is 1.21. The molecule has 0 heteroatoms. The first-order valence-electron chi connectivity index (χ1n) is 9.04. The van der Waals surface area contributed by atoms with Crippen LogP contribution < -0.4 is 0 Å². The van der Waals surface area contributed by atoms with E-state index >= 15 is 0 Å². The Kier molecular flexibility index (Phi) is 3.91. The van der Waals surface area contributed by atoms with Crippen LogP contribution in [0.4, 0.5) is 0 Å². The first-order valence-corrected chi connectivity index (χ1v) is 9.04. The van der Waals surface area contributed by atoms with Crippen LogP contribution in [-0.2, 0) is 6.42 Å². The van der Waals surface area contributed by atoms with E-state index in [1.54, 1.807) is 0 Å². The first-order chi connectivity index (χ1) is 11.4. The van der Waals surface area contributed by atoms with Crippen LogP contribution in [0.15, 0.2) is 54.6 Å². The van der Waals surface area contributed by atoms with Gasteiger partial charge in [-0.05, 0) is 50.7 Å². The van der Waals surface area contributed by atoms with Crippen molar-refractivity contribution in [2.24, 2.45) is 0 Å². The van der Waals surface area contributed by atoms with E-state index in [0.717, 1.165) is 0 Å². The van der Waals surface area contributed by atoms with E-state index < -0.39 is 0 Å². The molecule has 0 radical (unpaired) electrons. The second kappa shape index (κ2) is 6.20. The third-order valence-corrected chi connectivity index (χ3v) is 5.17. The molecule has 0 fully saturated rings. The van der Waals surface area contributed by atoms with Crippen LogP contribution in [0.25, 0.3) is 32.3 Å². The summed E-state index contributed by atoms with van der Waals surface area (Å²) in [6.45, 7) is 2.28. The summed E-state index contributed by atoms with van der Waals surface area (Å²) >= 11 is 0. The average Bonchev–Trinajstić information content (AvgIpc) is 2.60. The van der Waals surface area contributed by atoms with Crippen LogP contribution in [0.5, 0.6) is 0 Å². The van der Waals surface area contributed by atoms with E-state index in [4.69, 9.17) is 0 Å². The highest BCUT2D eigenvalue weighted by Crippen LogP contribution is 2.36. The van der Waals surface area contributed by atoms with Gasteiger partial charge < -0.3 is 0 Å². The smallest absolute Gasteiger partial charge is 0.00240 e. The van der Waals surface area contributed by atoms with E-state index in [2.05, 4.69) is 61.5 Å². The van der Waals surface area contributed by atoms with Gasteiger partial charge in [-0.15, -0.1) is 0 Å². The van der Waals surface area contributed by atoms with Gasteiger partial charge in [0.2, 0.25) is 0 Å². The SMILES string of the molecule is CCCCCCCc1ccc2ccc3cccc4ccc1c2c34. The second-order valence-corrected chi connectivity index (χ2v) is 6.74. The lowest BCUT2D eigenvalue weighted by molar-refractivity contribution is 0.633. The van der Waals surface area contributed by atoms with Gasteiger partial charge in [-0.1, -0.05) is 87.2 Å². The lowest BCUT2D eigenvalue weighted by Crippen LogP contribution is -1.91. The van der Waals surface area contributed by atoms with Gasteiger partial charge in [0.1, 0.15) is 0 Å². The van der Waals surface area contributed by atoms with Gasteiger partial charge in [-0.3, -0.25) is 0 Å². The van der Waals surface area contributed by atoms with Crippen molar-refractivity contribution < 1.29 is 0 Å². The third kappa shape index (κ3) is 2.57. The zero-order valence-corrected chi connectivity index (χ0v) is 13.9. The minimum atomic E-state index is 1.21. The zero-order chi connectivity index (χ0) is 15.6. The molecule has 0 bridgehead atoms. The summed E-state index contributed by atoms with van der Waals surface area (Å²) in [4.78, 5) is 0. The number of unbranched alkanes of at least 4 members (excludes halogenated alkanes) is 4. The van der Waals surface area contributed by atoms with Crippen molar-refractivity contribution >= 4 is 32.3 Å². The molecular weight excluding hydrogens is 276 g/mol. The monoisotopic (exact) mass is 300 g/mol. The van der Waals surface area contributed by atoms with Gasteiger partial charge in [-0.2, -0.15) is 0 Å². The molecule has 0 aliphatic heterocycles. The van der Waals surface area contributed by atoms with Crippen LogP contribution in [0.3, 0.4) is 0 Å². The van der Waals surface area contributed by atoms with Crippen molar-refractivity contribution in [1.29, 1.82) is 0 Å². The highest BCUT2D eigenvalue weighted by molar-refractivity contribution is 6.23. The number of hydrogen-bond donors (Lipinski definition) is 0. The molecule has 4 aromatic rings.